The molecule has 0 fully saturated rings. The lowest BCUT2D eigenvalue weighted by Crippen LogP contribution is -2.06. The minimum Gasteiger partial charge on any atom is -0.324 e. The van der Waals surface area contributed by atoms with E-state index < -0.39 is 0 Å². The van der Waals surface area contributed by atoms with Gasteiger partial charge in [0.1, 0.15) is 5.82 Å². The Morgan fingerprint density at radius 3 is 1.44 bits per heavy atom. The van der Waals surface area contributed by atoms with Gasteiger partial charge in [-0.3, -0.25) is 0 Å². The molecule has 0 aliphatic heterocycles. The minimum absolute atomic E-state index is 0.534. The van der Waals surface area contributed by atoms with Gasteiger partial charge in [-0.25, -0.2) is 0 Å². The maximum atomic E-state index is 4.51. The highest BCUT2D eigenvalue weighted by molar-refractivity contribution is 5.62. The van der Waals surface area contributed by atoms with Crippen LogP contribution in [0.1, 0.15) is 28.1 Å². The molecule has 0 saturated carbocycles. The molecule has 1 aromatic heterocycles. The van der Waals surface area contributed by atoms with Crippen molar-refractivity contribution in [2.45, 2.75) is 34.6 Å². The Morgan fingerprint density at radius 2 is 1.04 bits per heavy atom. The van der Waals surface area contributed by atoms with E-state index in [1.54, 1.807) is 0 Å². The van der Waals surface area contributed by atoms with Crippen LogP contribution in [0, 0.1) is 34.6 Å². The number of hydrogen-bond donors (Lipinski definition) is 2. The Balaban J connectivity index is 1.87. The molecule has 25 heavy (non-hydrogen) atoms. The van der Waals surface area contributed by atoms with Crippen LogP contribution in [-0.2, 0) is 0 Å². The number of aryl methyl sites for hydroxylation is 5. The van der Waals surface area contributed by atoms with Crippen LogP contribution in [0.2, 0.25) is 0 Å². The van der Waals surface area contributed by atoms with E-state index in [2.05, 4.69) is 77.5 Å². The number of rotatable bonds is 4. The first-order valence-electron chi connectivity index (χ1n) is 8.32. The molecule has 0 aliphatic carbocycles. The number of nitrogens with zero attached hydrogens (tertiary/aromatic N) is 3. The third-order valence-corrected chi connectivity index (χ3v) is 4.00. The quantitative estimate of drug-likeness (QED) is 0.711. The summed E-state index contributed by atoms with van der Waals surface area (Å²) >= 11 is 0. The van der Waals surface area contributed by atoms with Gasteiger partial charge < -0.3 is 10.6 Å². The molecule has 5 nitrogen and oxygen atoms in total. The molecule has 128 valence electrons. The lowest BCUT2D eigenvalue weighted by Gasteiger charge is -2.12. The van der Waals surface area contributed by atoms with Gasteiger partial charge >= 0.3 is 0 Å². The fraction of sp³-hybridized carbons (Fsp3) is 0.250. The molecule has 0 atom stereocenters. The molecular weight excluding hydrogens is 310 g/mol. The van der Waals surface area contributed by atoms with Crippen LogP contribution in [-0.4, -0.2) is 15.0 Å². The van der Waals surface area contributed by atoms with Crippen molar-refractivity contribution in [2.24, 2.45) is 0 Å². The monoisotopic (exact) mass is 333 g/mol. The van der Waals surface area contributed by atoms with Crippen LogP contribution in [0.4, 0.5) is 23.3 Å². The van der Waals surface area contributed by atoms with Gasteiger partial charge in [0.15, 0.2) is 0 Å². The zero-order valence-corrected chi connectivity index (χ0v) is 15.3. The molecule has 0 bridgehead atoms. The third-order valence-electron chi connectivity index (χ3n) is 4.00. The molecular formula is C20H23N5. The zero-order chi connectivity index (χ0) is 18.0. The highest BCUT2D eigenvalue weighted by atomic mass is 15.2. The predicted octanol–water partition coefficient (Wildman–Crippen LogP) is 4.90. The van der Waals surface area contributed by atoms with E-state index in [4.69, 9.17) is 0 Å². The standard InChI is InChI=1S/C20H23N5/c1-12-6-8-17(14(3)10-12)23-19-21-16(5)22-20(25-19)24-18-9-7-13(2)11-15(18)4/h6-11H,1-5H3,(H2,21,22,23,24,25). The SMILES string of the molecule is Cc1ccc(Nc2nc(C)nc(Nc3ccc(C)cc3C)n2)c(C)c1. The number of anilines is 4. The van der Waals surface area contributed by atoms with Crippen molar-refractivity contribution < 1.29 is 0 Å². The lowest BCUT2D eigenvalue weighted by atomic mass is 10.1. The molecule has 2 N–H and O–H groups in total. The fourth-order valence-corrected chi connectivity index (χ4v) is 2.74. The maximum absolute atomic E-state index is 4.51. The van der Waals surface area contributed by atoms with Crippen LogP contribution >= 0.6 is 0 Å². The Kier molecular flexibility index (Phi) is 4.65. The van der Waals surface area contributed by atoms with E-state index in [-0.39, 0.29) is 0 Å². The van der Waals surface area contributed by atoms with Crippen molar-refractivity contribution >= 4 is 23.3 Å². The fourth-order valence-electron chi connectivity index (χ4n) is 2.74. The highest BCUT2D eigenvalue weighted by Gasteiger charge is 2.08. The second kappa shape index (κ2) is 6.89. The van der Waals surface area contributed by atoms with Crippen molar-refractivity contribution in [2.75, 3.05) is 10.6 Å². The van der Waals surface area contributed by atoms with E-state index in [1.165, 1.54) is 11.1 Å². The topological polar surface area (TPSA) is 62.7 Å². The predicted molar refractivity (Wildman–Crippen MR) is 103 cm³/mol. The maximum Gasteiger partial charge on any atom is 0.232 e. The van der Waals surface area contributed by atoms with Crippen LogP contribution in [0.15, 0.2) is 36.4 Å². The van der Waals surface area contributed by atoms with Crippen molar-refractivity contribution in [3.8, 4) is 0 Å². The first kappa shape index (κ1) is 16.9. The molecule has 0 amide bonds. The summed E-state index contributed by atoms with van der Waals surface area (Å²) in [7, 11) is 0. The second-order valence-corrected chi connectivity index (χ2v) is 6.42. The summed E-state index contributed by atoms with van der Waals surface area (Å²) in [6.45, 7) is 10.2. The molecule has 2 aromatic carbocycles. The molecule has 1 heterocycles. The van der Waals surface area contributed by atoms with E-state index in [9.17, 15) is 0 Å². The summed E-state index contributed by atoms with van der Waals surface area (Å²) in [6, 6.07) is 12.5. The van der Waals surface area contributed by atoms with Gasteiger partial charge in [0.25, 0.3) is 0 Å². The summed E-state index contributed by atoms with van der Waals surface area (Å²) < 4.78 is 0. The molecule has 0 spiro atoms. The van der Waals surface area contributed by atoms with Gasteiger partial charge in [0.2, 0.25) is 11.9 Å². The van der Waals surface area contributed by atoms with Crippen molar-refractivity contribution in [3.05, 3.63) is 64.5 Å². The smallest absolute Gasteiger partial charge is 0.232 e. The largest absolute Gasteiger partial charge is 0.324 e. The Hall–Kier alpha value is -2.95. The number of benzene rings is 2. The van der Waals surface area contributed by atoms with Crippen molar-refractivity contribution in [1.82, 2.24) is 15.0 Å². The van der Waals surface area contributed by atoms with Gasteiger partial charge in [0.05, 0.1) is 0 Å². The van der Waals surface area contributed by atoms with Crippen LogP contribution < -0.4 is 10.6 Å². The average molecular weight is 333 g/mol. The van der Waals surface area contributed by atoms with E-state index in [0.717, 1.165) is 22.5 Å². The molecule has 0 saturated heterocycles. The second-order valence-electron chi connectivity index (χ2n) is 6.42. The summed E-state index contributed by atoms with van der Waals surface area (Å²) in [5, 5.41) is 6.58. The summed E-state index contributed by atoms with van der Waals surface area (Å²) in [5.74, 6) is 1.73. The van der Waals surface area contributed by atoms with Crippen LogP contribution in [0.5, 0.6) is 0 Å². The number of hydrogen-bond acceptors (Lipinski definition) is 5. The van der Waals surface area contributed by atoms with E-state index >= 15 is 0 Å². The highest BCUT2D eigenvalue weighted by Crippen LogP contribution is 2.22. The first-order chi connectivity index (χ1) is 11.9. The molecule has 5 heteroatoms. The Bertz CT molecular complexity index is 846. The van der Waals surface area contributed by atoms with Crippen LogP contribution in [0.3, 0.4) is 0 Å². The normalized spacial score (nSPS) is 10.6. The van der Waals surface area contributed by atoms with Gasteiger partial charge in [0, 0.05) is 11.4 Å². The Morgan fingerprint density at radius 1 is 0.600 bits per heavy atom. The van der Waals surface area contributed by atoms with Gasteiger partial charge in [-0.2, -0.15) is 15.0 Å². The summed E-state index contributed by atoms with van der Waals surface area (Å²) in [4.78, 5) is 13.3. The van der Waals surface area contributed by atoms with Gasteiger partial charge in [-0.1, -0.05) is 35.4 Å². The number of aromatic nitrogens is 3. The summed E-state index contributed by atoms with van der Waals surface area (Å²) in [6.07, 6.45) is 0. The van der Waals surface area contributed by atoms with Gasteiger partial charge in [-0.15, -0.1) is 0 Å². The number of nitrogens with one attached hydrogen (secondary N) is 2. The lowest BCUT2D eigenvalue weighted by molar-refractivity contribution is 0.988. The average Bonchev–Trinajstić information content (AvgIpc) is 2.52. The van der Waals surface area contributed by atoms with Crippen molar-refractivity contribution in [1.29, 1.82) is 0 Å². The van der Waals surface area contributed by atoms with E-state index in [0.29, 0.717) is 17.7 Å². The van der Waals surface area contributed by atoms with Gasteiger partial charge in [-0.05, 0) is 57.9 Å². The minimum atomic E-state index is 0.534. The van der Waals surface area contributed by atoms with E-state index in [1.807, 2.05) is 19.1 Å². The molecule has 0 aliphatic rings. The van der Waals surface area contributed by atoms with Crippen molar-refractivity contribution in [3.63, 3.8) is 0 Å². The molecule has 0 unspecified atom stereocenters. The summed E-state index contributed by atoms with van der Waals surface area (Å²) in [5.41, 5.74) is 6.75. The zero-order valence-electron chi connectivity index (χ0n) is 15.3. The van der Waals surface area contributed by atoms with Crippen LogP contribution in [0.25, 0.3) is 0 Å². The molecule has 3 aromatic rings. The Labute approximate surface area is 148 Å². The molecule has 0 radical (unpaired) electrons. The third kappa shape index (κ3) is 4.12. The molecule has 3 rings (SSSR count). The first-order valence-corrected chi connectivity index (χ1v) is 8.32.